The predicted molar refractivity (Wildman–Crippen MR) is 63.5 cm³/mol. The van der Waals surface area contributed by atoms with Gasteiger partial charge in [-0.15, -0.1) is 0 Å². The average molecular weight is 253 g/mol. The number of carbonyl (C=O) groups excluding carboxylic acids is 2. The van der Waals surface area contributed by atoms with Crippen molar-refractivity contribution in [3.8, 4) is 0 Å². The van der Waals surface area contributed by atoms with Crippen molar-refractivity contribution in [3.05, 3.63) is 0 Å². The highest BCUT2D eigenvalue weighted by Crippen LogP contribution is 2.44. The monoisotopic (exact) mass is 253 g/mol. The molecule has 1 saturated heterocycles. The lowest BCUT2D eigenvalue weighted by Gasteiger charge is -2.19. The largest absolute Gasteiger partial charge is 0.481 e. The Hall–Kier alpha value is -1.39. The van der Waals surface area contributed by atoms with E-state index in [9.17, 15) is 14.4 Å². The molecule has 2 aliphatic rings. The Balaban J connectivity index is 2.07. The highest BCUT2D eigenvalue weighted by Gasteiger charge is 2.52. The van der Waals surface area contributed by atoms with Gasteiger partial charge in [-0.2, -0.15) is 0 Å². The van der Waals surface area contributed by atoms with Crippen molar-refractivity contribution in [1.82, 2.24) is 4.90 Å². The van der Waals surface area contributed by atoms with Gasteiger partial charge in [0.1, 0.15) is 0 Å². The highest BCUT2D eigenvalue weighted by molar-refractivity contribution is 6.05. The third kappa shape index (κ3) is 2.02. The van der Waals surface area contributed by atoms with Crippen LogP contribution >= 0.6 is 0 Å². The molecular weight excluding hydrogens is 234 g/mol. The first-order valence-corrected chi connectivity index (χ1v) is 6.53. The van der Waals surface area contributed by atoms with Crippen molar-refractivity contribution < 1.29 is 19.5 Å². The van der Waals surface area contributed by atoms with Crippen molar-refractivity contribution in [1.29, 1.82) is 0 Å². The molecule has 0 spiro atoms. The van der Waals surface area contributed by atoms with Crippen molar-refractivity contribution in [2.45, 2.75) is 33.1 Å². The first kappa shape index (κ1) is 13.1. The lowest BCUT2D eigenvalue weighted by molar-refractivity contribution is -0.145. The number of carbonyl (C=O) groups is 3. The van der Waals surface area contributed by atoms with Gasteiger partial charge in [-0.25, -0.2) is 0 Å². The topological polar surface area (TPSA) is 74.7 Å². The molecule has 3 unspecified atom stereocenters. The first-order valence-electron chi connectivity index (χ1n) is 6.53. The molecule has 2 amide bonds. The molecule has 1 heterocycles. The summed E-state index contributed by atoms with van der Waals surface area (Å²) >= 11 is 0. The van der Waals surface area contributed by atoms with E-state index < -0.39 is 11.9 Å². The summed E-state index contributed by atoms with van der Waals surface area (Å²) in [4.78, 5) is 36.2. The minimum atomic E-state index is -0.973. The van der Waals surface area contributed by atoms with E-state index in [1.807, 2.05) is 0 Å². The van der Waals surface area contributed by atoms with Crippen LogP contribution < -0.4 is 0 Å². The van der Waals surface area contributed by atoms with Gasteiger partial charge >= 0.3 is 5.97 Å². The van der Waals surface area contributed by atoms with Gasteiger partial charge in [0.15, 0.2) is 0 Å². The van der Waals surface area contributed by atoms with Gasteiger partial charge in [-0.05, 0) is 18.8 Å². The number of nitrogens with zero attached hydrogens (tertiary/aromatic N) is 1. The summed E-state index contributed by atoms with van der Waals surface area (Å²) in [6.45, 7) is 3.60. The summed E-state index contributed by atoms with van der Waals surface area (Å²) in [5.74, 6) is -1.90. The van der Waals surface area contributed by atoms with E-state index in [0.717, 1.165) is 19.3 Å². The number of carboxylic acids is 1. The number of fused-ring (bicyclic) bond motifs is 1. The lowest BCUT2D eigenvalue weighted by Crippen LogP contribution is -2.37. The summed E-state index contributed by atoms with van der Waals surface area (Å²) in [7, 11) is 0. The van der Waals surface area contributed by atoms with E-state index in [1.165, 1.54) is 11.8 Å². The minimum Gasteiger partial charge on any atom is -0.481 e. The maximum absolute atomic E-state index is 12.1. The van der Waals surface area contributed by atoms with E-state index >= 15 is 0 Å². The van der Waals surface area contributed by atoms with Crippen LogP contribution in [0.2, 0.25) is 0 Å². The second-order valence-corrected chi connectivity index (χ2v) is 5.49. The second kappa shape index (κ2) is 4.71. The maximum atomic E-state index is 12.1. The van der Waals surface area contributed by atoms with E-state index in [-0.39, 0.29) is 30.2 Å². The van der Waals surface area contributed by atoms with Crippen LogP contribution in [-0.2, 0) is 14.4 Å². The fourth-order valence-electron chi connectivity index (χ4n) is 3.06. The smallest absolute Gasteiger partial charge is 0.308 e. The molecule has 1 saturated carbocycles. The van der Waals surface area contributed by atoms with Gasteiger partial charge in [0.2, 0.25) is 11.8 Å². The van der Waals surface area contributed by atoms with Crippen LogP contribution in [-0.4, -0.2) is 34.3 Å². The molecule has 0 aromatic rings. The zero-order chi connectivity index (χ0) is 13.4. The molecule has 18 heavy (non-hydrogen) atoms. The van der Waals surface area contributed by atoms with Gasteiger partial charge in [-0.1, -0.05) is 20.3 Å². The number of likely N-dealkylation sites (tertiary alicyclic amines) is 1. The normalized spacial score (nSPS) is 32.8. The number of rotatable bonds is 4. The molecule has 1 N–H and O–H groups in total. The Bertz CT molecular complexity index is 368. The summed E-state index contributed by atoms with van der Waals surface area (Å²) in [5.41, 5.74) is 0. The number of aliphatic carboxylic acids is 1. The maximum Gasteiger partial charge on any atom is 0.308 e. The summed E-state index contributed by atoms with van der Waals surface area (Å²) < 4.78 is 0. The fraction of sp³-hybridized carbons (Fsp3) is 0.769. The Morgan fingerprint density at radius 3 is 2.22 bits per heavy atom. The predicted octanol–water partition coefficient (Wildman–Crippen LogP) is 1.13. The lowest BCUT2D eigenvalue weighted by atomic mass is 10.00. The molecule has 5 nitrogen and oxygen atoms in total. The third-order valence-corrected chi connectivity index (χ3v) is 4.28. The van der Waals surface area contributed by atoms with Crippen LogP contribution in [0.3, 0.4) is 0 Å². The van der Waals surface area contributed by atoms with E-state index in [4.69, 9.17) is 5.11 Å². The molecule has 3 atom stereocenters. The molecule has 5 heteroatoms. The first-order chi connectivity index (χ1) is 8.45. The van der Waals surface area contributed by atoms with Gasteiger partial charge in [-0.3, -0.25) is 19.3 Å². The number of carboxylic acid groups (broad SMARTS) is 1. The van der Waals surface area contributed by atoms with Crippen LogP contribution in [0.1, 0.15) is 33.1 Å². The molecule has 1 aliphatic heterocycles. The van der Waals surface area contributed by atoms with Crippen molar-refractivity contribution >= 4 is 17.8 Å². The minimum absolute atomic E-state index is 0.0107. The highest BCUT2D eigenvalue weighted by atomic mass is 16.4. The van der Waals surface area contributed by atoms with Crippen LogP contribution in [0.4, 0.5) is 0 Å². The molecule has 100 valence electrons. The SMILES string of the molecule is CCC1CC2C(=O)N(CC(C)C(=O)O)C(=O)C2C1. The molecule has 0 radical (unpaired) electrons. The number of hydrogen-bond donors (Lipinski definition) is 1. The van der Waals surface area contributed by atoms with Crippen LogP contribution in [0, 0.1) is 23.7 Å². The molecule has 2 fully saturated rings. The molecule has 2 rings (SSSR count). The van der Waals surface area contributed by atoms with Crippen LogP contribution in [0.15, 0.2) is 0 Å². The molecule has 1 aliphatic carbocycles. The molecule has 0 aromatic heterocycles. The Kier molecular flexibility index (Phi) is 3.41. The zero-order valence-corrected chi connectivity index (χ0v) is 10.8. The Morgan fingerprint density at radius 2 is 1.83 bits per heavy atom. The van der Waals surface area contributed by atoms with Gasteiger partial charge in [0.05, 0.1) is 17.8 Å². The van der Waals surface area contributed by atoms with Gasteiger partial charge < -0.3 is 5.11 Å². The third-order valence-electron chi connectivity index (χ3n) is 4.28. The van der Waals surface area contributed by atoms with Crippen LogP contribution in [0.25, 0.3) is 0 Å². The molecule has 0 aromatic carbocycles. The zero-order valence-electron chi connectivity index (χ0n) is 10.8. The summed E-state index contributed by atoms with van der Waals surface area (Å²) in [6, 6.07) is 0. The van der Waals surface area contributed by atoms with Gasteiger partial charge in [0, 0.05) is 6.54 Å². The molecule has 0 bridgehead atoms. The van der Waals surface area contributed by atoms with Crippen molar-refractivity contribution in [3.63, 3.8) is 0 Å². The standard InChI is InChI=1S/C13H19NO4/c1-3-8-4-9-10(5-8)12(16)14(11(9)15)6-7(2)13(17)18/h7-10H,3-6H2,1-2H3,(H,17,18). The Morgan fingerprint density at radius 1 is 1.33 bits per heavy atom. The fourth-order valence-corrected chi connectivity index (χ4v) is 3.06. The number of amides is 2. The Labute approximate surface area is 106 Å². The molecular formula is C13H19NO4. The van der Waals surface area contributed by atoms with E-state index in [1.54, 1.807) is 0 Å². The van der Waals surface area contributed by atoms with E-state index in [2.05, 4.69) is 6.92 Å². The van der Waals surface area contributed by atoms with Gasteiger partial charge in [0.25, 0.3) is 0 Å². The van der Waals surface area contributed by atoms with Crippen LogP contribution in [0.5, 0.6) is 0 Å². The van der Waals surface area contributed by atoms with Crippen molar-refractivity contribution in [2.24, 2.45) is 23.7 Å². The van der Waals surface area contributed by atoms with Crippen molar-refractivity contribution in [2.75, 3.05) is 6.54 Å². The summed E-state index contributed by atoms with van der Waals surface area (Å²) in [6.07, 6.45) is 2.56. The summed E-state index contributed by atoms with van der Waals surface area (Å²) in [5, 5.41) is 8.85. The quantitative estimate of drug-likeness (QED) is 0.762. The second-order valence-electron chi connectivity index (χ2n) is 5.49. The number of imide groups is 1. The average Bonchev–Trinajstić information content (AvgIpc) is 2.84. The number of hydrogen-bond acceptors (Lipinski definition) is 3. The van der Waals surface area contributed by atoms with E-state index in [0.29, 0.717) is 5.92 Å².